The van der Waals surface area contributed by atoms with E-state index in [0.717, 1.165) is 19.3 Å². The van der Waals surface area contributed by atoms with E-state index >= 15 is 0 Å². The first-order chi connectivity index (χ1) is 11.7. The van der Waals surface area contributed by atoms with Gasteiger partial charge in [0.2, 0.25) is 0 Å². The molecule has 1 rings (SSSR count). The van der Waals surface area contributed by atoms with Crippen molar-refractivity contribution in [2.24, 2.45) is 0 Å². The second kappa shape index (κ2) is 10.9. The Hall–Kier alpha value is -2.72. The summed E-state index contributed by atoms with van der Waals surface area (Å²) >= 11 is 0. The largest absolute Gasteiger partial charge is 0.497 e. The van der Waals surface area contributed by atoms with Crippen LogP contribution in [0.15, 0.2) is 30.0 Å². The summed E-state index contributed by atoms with van der Waals surface area (Å²) in [6.07, 6.45) is 3.86. The van der Waals surface area contributed by atoms with Gasteiger partial charge in [0.25, 0.3) is 5.91 Å². The quantitative estimate of drug-likeness (QED) is 0.343. The minimum atomic E-state index is -0.535. The maximum absolute atomic E-state index is 12.2. The average Bonchev–Trinajstić information content (AvgIpc) is 2.60. The van der Waals surface area contributed by atoms with Gasteiger partial charge in [0.05, 0.1) is 19.9 Å². The maximum atomic E-state index is 12.2. The Morgan fingerprint density at radius 3 is 2.71 bits per heavy atom. The number of nitrogens with zero attached hydrogens (tertiary/aromatic N) is 1. The third-order valence-corrected chi connectivity index (χ3v) is 3.25. The second-order valence-corrected chi connectivity index (χ2v) is 4.93. The van der Waals surface area contributed by atoms with Crippen molar-refractivity contribution in [2.75, 3.05) is 32.7 Å². The number of methoxy groups -OCH3 is 2. The maximum Gasteiger partial charge on any atom is 0.267 e. The predicted octanol–water partition coefficient (Wildman–Crippen LogP) is 1.80. The molecule has 0 bridgehead atoms. The molecule has 1 aromatic rings. The van der Waals surface area contributed by atoms with E-state index in [4.69, 9.17) is 19.8 Å². The van der Waals surface area contributed by atoms with Crippen LogP contribution in [-0.4, -0.2) is 38.4 Å². The van der Waals surface area contributed by atoms with E-state index in [2.05, 4.69) is 10.6 Å². The van der Waals surface area contributed by atoms with Gasteiger partial charge in [0, 0.05) is 25.4 Å². The van der Waals surface area contributed by atoms with Crippen LogP contribution in [0.4, 0.5) is 5.69 Å². The number of nitrogens with one attached hydrogen (secondary N) is 2. The highest BCUT2D eigenvalue weighted by atomic mass is 16.5. The highest BCUT2D eigenvalue weighted by Gasteiger charge is 2.13. The van der Waals surface area contributed by atoms with Crippen molar-refractivity contribution in [3.8, 4) is 17.6 Å². The molecule has 0 spiro atoms. The molecule has 1 amide bonds. The van der Waals surface area contributed by atoms with Gasteiger partial charge in [-0.15, -0.1) is 0 Å². The fraction of sp³-hybridized carbons (Fsp3) is 0.412. The summed E-state index contributed by atoms with van der Waals surface area (Å²) in [5.74, 6) is 0.501. The third-order valence-electron chi connectivity index (χ3n) is 3.25. The number of hydrogen-bond acceptors (Lipinski definition) is 6. The monoisotopic (exact) mass is 333 g/mol. The molecule has 3 N–H and O–H groups in total. The fourth-order valence-electron chi connectivity index (χ4n) is 1.94. The van der Waals surface area contributed by atoms with Gasteiger partial charge in [-0.2, -0.15) is 5.26 Å². The number of carbonyl (C=O) groups excluding carboxylic acids is 1. The SMILES string of the molecule is COc1ccc(OC)c(NC(=O)/C(C#N)=C\NCCCCCO)c1. The Morgan fingerprint density at radius 1 is 1.29 bits per heavy atom. The standard InChI is InChI=1S/C17H23N3O4/c1-23-14-6-7-16(24-2)15(10-14)20-17(22)13(11-18)12-19-8-4-3-5-9-21/h6-7,10,12,19,21H,3-5,8-9H2,1-2H3,(H,20,22)/b13-12-. The summed E-state index contributed by atoms with van der Waals surface area (Å²) in [6.45, 7) is 0.797. The van der Waals surface area contributed by atoms with Crippen molar-refractivity contribution in [2.45, 2.75) is 19.3 Å². The first-order valence-electron chi connectivity index (χ1n) is 7.64. The Morgan fingerprint density at radius 2 is 2.08 bits per heavy atom. The lowest BCUT2D eigenvalue weighted by Crippen LogP contribution is -2.17. The summed E-state index contributed by atoms with van der Waals surface area (Å²) in [5.41, 5.74) is 0.382. The van der Waals surface area contributed by atoms with Gasteiger partial charge in [0.15, 0.2) is 0 Å². The summed E-state index contributed by atoms with van der Waals surface area (Å²) in [4.78, 5) is 12.2. The summed E-state index contributed by atoms with van der Waals surface area (Å²) in [5, 5.41) is 23.4. The molecule has 0 saturated carbocycles. The number of amides is 1. The number of rotatable bonds is 10. The van der Waals surface area contributed by atoms with E-state index in [0.29, 0.717) is 23.7 Å². The van der Waals surface area contributed by atoms with Gasteiger partial charge in [-0.1, -0.05) is 0 Å². The first kappa shape index (κ1) is 19.3. The molecule has 0 unspecified atom stereocenters. The van der Waals surface area contributed by atoms with Crippen LogP contribution in [0.1, 0.15) is 19.3 Å². The molecule has 0 aliphatic carbocycles. The summed E-state index contributed by atoms with van der Waals surface area (Å²) in [6, 6.07) is 6.87. The van der Waals surface area contributed by atoms with Crippen LogP contribution in [0, 0.1) is 11.3 Å². The Bertz CT molecular complexity index is 608. The van der Waals surface area contributed by atoms with Crippen molar-refractivity contribution in [1.29, 1.82) is 5.26 Å². The zero-order valence-corrected chi connectivity index (χ0v) is 14.0. The lowest BCUT2D eigenvalue weighted by molar-refractivity contribution is -0.112. The lowest BCUT2D eigenvalue weighted by atomic mass is 10.2. The van der Waals surface area contributed by atoms with E-state index in [1.165, 1.54) is 20.4 Å². The van der Waals surface area contributed by atoms with Crippen LogP contribution >= 0.6 is 0 Å². The van der Waals surface area contributed by atoms with Gasteiger partial charge in [-0.25, -0.2) is 0 Å². The second-order valence-electron chi connectivity index (χ2n) is 4.93. The number of unbranched alkanes of at least 4 members (excludes halogenated alkanes) is 2. The lowest BCUT2D eigenvalue weighted by Gasteiger charge is -2.11. The molecular formula is C17H23N3O4. The third kappa shape index (κ3) is 6.18. The number of benzene rings is 1. The van der Waals surface area contributed by atoms with E-state index in [1.54, 1.807) is 18.2 Å². The van der Waals surface area contributed by atoms with Crippen LogP contribution in [0.2, 0.25) is 0 Å². The first-order valence-corrected chi connectivity index (χ1v) is 7.64. The molecule has 0 heterocycles. The molecule has 0 atom stereocenters. The highest BCUT2D eigenvalue weighted by Crippen LogP contribution is 2.29. The molecule has 130 valence electrons. The number of anilines is 1. The molecule has 7 nitrogen and oxygen atoms in total. The molecule has 7 heteroatoms. The molecule has 0 radical (unpaired) electrons. The molecule has 0 fully saturated rings. The van der Waals surface area contributed by atoms with Crippen molar-refractivity contribution in [1.82, 2.24) is 5.32 Å². The topological polar surface area (TPSA) is 104 Å². The van der Waals surface area contributed by atoms with Crippen LogP contribution in [0.3, 0.4) is 0 Å². The normalized spacial score (nSPS) is 10.7. The van der Waals surface area contributed by atoms with Crippen LogP contribution in [0.5, 0.6) is 11.5 Å². The highest BCUT2D eigenvalue weighted by molar-refractivity contribution is 6.07. The van der Waals surface area contributed by atoms with E-state index in [9.17, 15) is 4.79 Å². The van der Waals surface area contributed by atoms with Gasteiger partial charge in [-0.3, -0.25) is 4.79 Å². The number of aliphatic hydroxyl groups excluding tert-OH is 1. The number of aliphatic hydroxyl groups is 1. The minimum Gasteiger partial charge on any atom is -0.497 e. The Balaban J connectivity index is 2.69. The Kier molecular flexibility index (Phi) is 8.79. The molecule has 1 aromatic carbocycles. The number of ether oxygens (including phenoxy) is 2. The van der Waals surface area contributed by atoms with E-state index < -0.39 is 5.91 Å². The number of hydrogen-bond donors (Lipinski definition) is 3. The van der Waals surface area contributed by atoms with Crippen molar-refractivity contribution in [3.05, 3.63) is 30.0 Å². The van der Waals surface area contributed by atoms with Gasteiger partial charge in [0.1, 0.15) is 23.1 Å². The van der Waals surface area contributed by atoms with Crippen LogP contribution < -0.4 is 20.1 Å². The van der Waals surface area contributed by atoms with Gasteiger partial charge < -0.3 is 25.2 Å². The minimum absolute atomic E-state index is 0.0398. The van der Waals surface area contributed by atoms with Gasteiger partial charge in [-0.05, 0) is 31.4 Å². The molecule has 24 heavy (non-hydrogen) atoms. The fourth-order valence-corrected chi connectivity index (χ4v) is 1.94. The summed E-state index contributed by atoms with van der Waals surface area (Å²) < 4.78 is 10.3. The molecular weight excluding hydrogens is 310 g/mol. The van der Waals surface area contributed by atoms with Crippen molar-refractivity contribution >= 4 is 11.6 Å². The Labute approximate surface area is 141 Å². The summed E-state index contributed by atoms with van der Waals surface area (Å²) in [7, 11) is 3.02. The molecule has 0 aromatic heterocycles. The van der Waals surface area contributed by atoms with Gasteiger partial charge >= 0.3 is 0 Å². The molecule has 0 aliphatic heterocycles. The van der Waals surface area contributed by atoms with Crippen molar-refractivity contribution in [3.63, 3.8) is 0 Å². The van der Waals surface area contributed by atoms with E-state index in [1.807, 2.05) is 6.07 Å². The molecule has 0 aliphatic rings. The number of nitriles is 1. The van der Waals surface area contributed by atoms with Crippen LogP contribution in [0.25, 0.3) is 0 Å². The number of carbonyl (C=O) groups is 1. The zero-order chi connectivity index (χ0) is 17.8. The smallest absolute Gasteiger partial charge is 0.267 e. The van der Waals surface area contributed by atoms with E-state index in [-0.39, 0.29) is 12.2 Å². The predicted molar refractivity (Wildman–Crippen MR) is 90.8 cm³/mol. The molecule has 0 saturated heterocycles. The average molecular weight is 333 g/mol. The van der Waals surface area contributed by atoms with Crippen LogP contribution in [-0.2, 0) is 4.79 Å². The zero-order valence-electron chi connectivity index (χ0n) is 14.0. The van der Waals surface area contributed by atoms with Crippen molar-refractivity contribution < 1.29 is 19.4 Å².